The van der Waals surface area contributed by atoms with Gasteiger partial charge in [0.2, 0.25) is 11.6 Å². The fourth-order valence-electron chi connectivity index (χ4n) is 3.23. The third-order valence-corrected chi connectivity index (χ3v) is 5.64. The number of halogens is 1. The largest absolute Gasteiger partial charge is 0.454 e. The van der Waals surface area contributed by atoms with Crippen molar-refractivity contribution in [2.24, 2.45) is 10.1 Å². The Labute approximate surface area is 190 Å². The minimum Gasteiger partial charge on any atom is -0.454 e. The van der Waals surface area contributed by atoms with Crippen molar-refractivity contribution in [3.05, 3.63) is 98.4 Å². The van der Waals surface area contributed by atoms with Crippen LogP contribution in [0.2, 0.25) is 0 Å². The summed E-state index contributed by atoms with van der Waals surface area (Å²) in [6, 6.07) is 17.8. The van der Waals surface area contributed by atoms with Crippen LogP contribution in [0.5, 0.6) is 11.5 Å². The van der Waals surface area contributed by atoms with Gasteiger partial charge in [0, 0.05) is 23.1 Å². The highest BCUT2D eigenvalue weighted by Crippen LogP contribution is 2.32. The van der Waals surface area contributed by atoms with Crippen LogP contribution in [0, 0.1) is 15.9 Å². The lowest BCUT2D eigenvalue weighted by atomic mass is 10.1. The predicted octanol–water partition coefficient (Wildman–Crippen LogP) is 5.11. The van der Waals surface area contributed by atoms with Crippen LogP contribution in [0.15, 0.2) is 82.2 Å². The summed E-state index contributed by atoms with van der Waals surface area (Å²) in [6.07, 6.45) is 1.61. The van der Waals surface area contributed by atoms with Crippen molar-refractivity contribution in [1.82, 2.24) is 4.68 Å². The number of rotatable bonds is 5. The summed E-state index contributed by atoms with van der Waals surface area (Å²) in [5.74, 6) is 0.807. The Kier molecular flexibility index (Phi) is 5.41. The second-order valence-corrected chi connectivity index (χ2v) is 7.78. The molecule has 0 atom stereocenters. The molecule has 1 aliphatic heterocycles. The van der Waals surface area contributed by atoms with Gasteiger partial charge in [-0.25, -0.2) is 14.1 Å². The van der Waals surface area contributed by atoms with Crippen LogP contribution in [0.3, 0.4) is 0 Å². The Morgan fingerprint density at radius 3 is 2.76 bits per heavy atom. The number of non-ortho nitro benzene ring substituents is 1. The molecule has 5 rings (SSSR count). The Balaban J connectivity index is 1.63. The zero-order valence-corrected chi connectivity index (χ0v) is 17.7. The molecule has 0 unspecified atom stereocenters. The van der Waals surface area contributed by atoms with E-state index in [-0.39, 0.29) is 18.2 Å². The van der Waals surface area contributed by atoms with Crippen LogP contribution in [0.4, 0.5) is 15.8 Å². The lowest BCUT2D eigenvalue weighted by Gasteiger charge is -2.04. The smallest absolute Gasteiger partial charge is 0.270 e. The molecule has 0 fully saturated rings. The molecule has 1 aliphatic rings. The van der Waals surface area contributed by atoms with E-state index in [0.717, 1.165) is 5.56 Å². The second kappa shape index (κ2) is 8.67. The molecule has 0 amide bonds. The van der Waals surface area contributed by atoms with Gasteiger partial charge in [0.25, 0.3) is 5.69 Å². The lowest BCUT2D eigenvalue weighted by molar-refractivity contribution is -0.384. The van der Waals surface area contributed by atoms with Crippen LogP contribution >= 0.6 is 11.3 Å². The summed E-state index contributed by atoms with van der Waals surface area (Å²) in [6.45, 7) is 0.164. The van der Waals surface area contributed by atoms with E-state index < -0.39 is 10.7 Å². The van der Waals surface area contributed by atoms with Crippen molar-refractivity contribution in [1.29, 1.82) is 0 Å². The van der Waals surface area contributed by atoms with Crippen LogP contribution < -0.4 is 14.3 Å². The zero-order chi connectivity index (χ0) is 22.8. The van der Waals surface area contributed by atoms with Gasteiger partial charge in [0.15, 0.2) is 11.5 Å². The van der Waals surface area contributed by atoms with Gasteiger partial charge in [-0.05, 0) is 35.9 Å². The van der Waals surface area contributed by atoms with Crippen molar-refractivity contribution in [2.75, 3.05) is 6.79 Å². The first kappa shape index (κ1) is 20.6. The molecule has 10 heteroatoms. The number of nitrogens with zero attached hydrogens (tertiary/aromatic N) is 4. The van der Waals surface area contributed by atoms with Gasteiger partial charge in [-0.2, -0.15) is 5.10 Å². The number of hydrogen-bond acceptors (Lipinski definition) is 7. The van der Waals surface area contributed by atoms with Crippen LogP contribution in [0.1, 0.15) is 5.56 Å². The fraction of sp³-hybridized carbons (Fsp3) is 0.0435. The first-order valence-corrected chi connectivity index (χ1v) is 10.6. The summed E-state index contributed by atoms with van der Waals surface area (Å²) in [7, 11) is 0. The Morgan fingerprint density at radius 2 is 1.91 bits per heavy atom. The molecule has 2 heterocycles. The average molecular weight is 462 g/mol. The maximum Gasteiger partial charge on any atom is 0.270 e. The van der Waals surface area contributed by atoms with Gasteiger partial charge in [-0.15, -0.1) is 11.3 Å². The fourth-order valence-corrected chi connectivity index (χ4v) is 4.08. The minimum atomic E-state index is -0.464. The highest BCUT2D eigenvalue weighted by Gasteiger charge is 2.14. The van der Waals surface area contributed by atoms with Crippen LogP contribution in [-0.2, 0) is 0 Å². The monoisotopic (exact) mass is 462 g/mol. The van der Waals surface area contributed by atoms with E-state index in [4.69, 9.17) is 9.47 Å². The number of benzene rings is 3. The SMILES string of the molecule is O=[N+]([O-])c1cccc(-c2csc(=Nc3ccccc3F)n2N=Cc2ccc3c(c2)OCO3)c1. The summed E-state index contributed by atoms with van der Waals surface area (Å²) >= 11 is 1.25. The second-order valence-electron chi connectivity index (χ2n) is 6.94. The maximum absolute atomic E-state index is 14.2. The molecule has 1 aromatic heterocycles. The number of hydrogen-bond donors (Lipinski definition) is 0. The van der Waals surface area contributed by atoms with Gasteiger partial charge in [0.05, 0.1) is 16.8 Å². The van der Waals surface area contributed by atoms with E-state index >= 15 is 0 Å². The van der Waals surface area contributed by atoms with Crippen molar-refractivity contribution < 1.29 is 18.8 Å². The van der Waals surface area contributed by atoms with Crippen molar-refractivity contribution >= 4 is 28.9 Å². The Hall–Kier alpha value is -4.31. The topological polar surface area (TPSA) is 91.2 Å². The summed E-state index contributed by atoms with van der Waals surface area (Å²) in [4.78, 5) is 15.6. The van der Waals surface area contributed by atoms with E-state index in [1.165, 1.54) is 34.2 Å². The molecule has 8 nitrogen and oxygen atoms in total. The van der Waals surface area contributed by atoms with Gasteiger partial charge < -0.3 is 9.47 Å². The van der Waals surface area contributed by atoms with Crippen LogP contribution in [0.25, 0.3) is 11.3 Å². The molecule has 164 valence electrons. The quantitative estimate of drug-likeness (QED) is 0.234. The number of ether oxygens (including phenoxy) is 2. The Morgan fingerprint density at radius 1 is 1.06 bits per heavy atom. The minimum absolute atomic E-state index is 0.0439. The van der Waals surface area contributed by atoms with Gasteiger partial charge in [-0.3, -0.25) is 10.1 Å². The molecule has 0 spiro atoms. The molecule has 0 N–H and O–H groups in total. The van der Waals surface area contributed by atoms with E-state index in [1.807, 2.05) is 6.07 Å². The number of para-hydroxylation sites is 1. The first-order valence-electron chi connectivity index (χ1n) is 9.77. The molecule has 0 aliphatic carbocycles. The van der Waals surface area contributed by atoms with E-state index in [9.17, 15) is 14.5 Å². The van der Waals surface area contributed by atoms with Crippen LogP contribution in [-0.4, -0.2) is 22.6 Å². The highest BCUT2D eigenvalue weighted by molar-refractivity contribution is 7.07. The number of fused-ring (bicyclic) bond motifs is 1. The number of nitro groups is 1. The van der Waals surface area contributed by atoms with E-state index in [1.54, 1.807) is 54.1 Å². The molecule has 0 radical (unpaired) electrons. The van der Waals surface area contributed by atoms with Gasteiger partial charge in [-0.1, -0.05) is 24.3 Å². The summed E-state index contributed by atoms with van der Waals surface area (Å²) in [5, 5.41) is 17.6. The molecule has 33 heavy (non-hydrogen) atoms. The number of nitro benzene ring substituents is 1. The predicted molar refractivity (Wildman–Crippen MR) is 122 cm³/mol. The van der Waals surface area contributed by atoms with Crippen molar-refractivity contribution in [3.63, 3.8) is 0 Å². The molecule has 4 aromatic rings. The zero-order valence-electron chi connectivity index (χ0n) is 16.9. The third-order valence-electron chi connectivity index (χ3n) is 4.83. The van der Waals surface area contributed by atoms with Crippen molar-refractivity contribution in [3.8, 4) is 22.8 Å². The average Bonchev–Trinajstić information content (AvgIpc) is 3.45. The number of aromatic nitrogens is 1. The molecular weight excluding hydrogens is 447 g/mol. The molecule has 0 saturated carbocycles. The van der Waals surface area contributed by atoms with Gasteiger partial charge in [0.1, 0.15) is 11.5 Å². The third kappa shape index (κ3) is 4.23. The first-order chi connectivity index (χ1) is 16.1. The van der Waals surface area contributed by atoms with Crippen molar-refractivity contribution in [2.45, 2.75) is 0 Å². The van der Waals surface area contributed by atoms with E-state index in [0.29, 0.717) is 27.6 Å². The lowest BCUT2D eigenvalue weighted by Crippen LogP contribution is -2.11. The highest BCUT2D eigenvalue weighted by atomic mass is 32.1. The maximum atomic E-state index is 14.2. The number of thiazole rings is 1. The summed E-state index contributed by atoms with van der Waals surface area (Å²) in [5.41, 5.74) is 2.03. The van der Waals surface area contributed by atoms with E-state index in [2.05, 4.69) is 10.1 Å². The summed E-state index contributed by atoms with van der Waals surface area (Å²) < 4.78 is 26.5. The van der Waals surface area contributed by atoms with Gasteiger partial charge >= 0.3 is 0 Å². The molecule has 0 bridgehead atoms. The molecular formula is C23H15FN4O4S. The standard InChI is InChI=1S/C23H15FN4O4S/c24-18-6-1-2-7-19(18)26-23-27(25-12-15-8-9-21-22(10-15)32-14-31-21)20(13-33-23)16-4-3-5-17(11-16)28(29)30/h1-13H,14H2. The Bertz CT molecular complexity index is 1460. The molecule has 3 aromatic carbocycles. The molecule has 0 saturated heterocycles. The normalized spacial score (nSPS) is 13.1.